The number of phenols is 1. The van der Waals surface area contributed by atoms with Crippen molar-refractivity contribution >= 4 is 23.2 Å². The lowest BCUT2D eigenvalue weighted by atomic mass is 10.1. The van der Waals surface area contributed by atoms with E-state index in [2.05, 4.69) is 17.2 Å². The number of carbonyl (C=O) groups is 1. The number of aryl methyl sites for hydroxylation is 1. The number of aromatic hydroxyl groups is 1. The first-order chi connectivity index (χ1) is 15.3. The molecule has 2 N–H and O–H groups in total. The normalized spacial score (nSPS) is 10.3. The number of hydrogen-bond donors (Lipinski definition) is 2. The summed E-state index contributed by atoms with van der Waals surface area (Å²) in [7, 11) is 1.27. The second-order valence-electron chi connectivity index (χ2n) is 6.93. The first-order valence-electron chi connectivity index (χ1n) is 9.58. The minimum absolute atomic E-state index is 0.0293. The lowest BCUT2D eigenvalue weighted by Crippen LogP contribution is -2.40. The van der Waals surface area contributed by atoms with Crippen LogP contribution in [0.15, 0.2) is 58.1 Å². The summed E-state index contributed by atoms with van der Waals surface area (Å²) in [5, 5.41) is 11.7. The molecule has 0 saturated heterocycles. The van der Waals surface area contributed by atoms with Crippen molar-refractivity contribution in [2.75, 3.05) is 5.32 Å². The molecule has 32 heavy (non-hydrogen) atoms. The molecule has 0 radical (unpaired) electrons. The van der Waals surface area contributed by atoms with Crippen LogP contribution in [0.1, 0.15) is 17.5 Å². The van der Waals surface area contributed by atoms with Crippen LogP contribution in [0.3, 0.4) is 0 Å². The van der Waals surface area contributed by atoms with Crippen LogP contribution in [0, 0.1) is 17.7 Å². The van der Waals surface area contributed by atoms with E-state index in [0.717, 1.165) is 14.7 Å². The molecule has 7 nitrogen and oxygen atoms in total. The average molecular weight is 456 g/mol. The summed E-state index contributed by atoms with van der Waals surface area (Å²) < 4.78 is 14.9. The topological polar surface area (TPSA) is 93.3 Å². The Hall–Kier alpha value is -3.83. The summed E-state index contributed by atoms with van der Waals surface area (Å²) >= 11 is 6.26. The zero-order chi connectivity index (χ0) is 23.3. The summed E-state index contributed by atoms with van der Waals surface area (Å²) in [6.07, 6.45) is 0.362. The number of hydrogen-bond acceptors (Lipinski definition) is 4. The highest BCUT2D eigenvalue weighted by Gasteiger charge is 2.17. The quantitative estimate of drug-likeness (QED) is 0.457. The van der Waals surface area contributed by atoms with Gasteiger partial charge in [-0.15, -0.1) is 0 Å². The van der Waals surface area contributed by atoms with E-state index in [9.17, 15) is 23.9 Å². The van der Waals surface area contributed by atoms with E-state index in [-0.39, 0.29) is 35.4 Å². The number of halogens is 2. The van der Waals surface area contributed by atoms with Gasteiger partial charge in [0.1, 0.15) is 22.4 Å². The Labute approximate surface area is 187 Å². The molecule has 0 atom stereocenters. The van der Waals surface area contributed by atoms with Crippen LogP contribution in [-0.4, -0.2) is 20.1 Å². The Kier molecular flexibility index (Phi) is 7.13. The highest BCUT2D eigenvalue weighted by molar-refractivity contribution is 6.32. The molecule has 0 unspecified atom stereocenters. The fraction of sp³-hybridized carbons (Fsp3) is 0.174. The molecule has 1 amide bonds. The van der Waals surface area contributed by atoms with Gasteiger partial charge < -0.3 is 10.4 Å². The highest BCUT2D eigenvalue weighted by Crippen LogP contribution is 2.16. The van der Waals surface area contributed by atoms with Gasteiger partial charge in [0.2, 0.25) is 5.91 Å². The third kappa shape index (κ3) is 5.45. The molecule has 0 aliphatic carbocycles. The van der Waals surface area contributed by atoms with Crippen molar-refractivity contribution in [1.29, 1.82) is 0 Å². The maximum absolute atomic E-state index is 13.0. The zero-order valence-corrected chi connectivity index (χ0v) is 17.8. The molecule has 1 heterocycles. The summed E-state index contributed by atoms with van der Waals surface area (Å²) in [4.78, 5) is 37.3. The van der Waals surface area contributed by atoms with Gasteiger partial charge in [0, 0.05) is 19.0 Å². The number of amides is 1. The first-order valence-corrected chi connectivity index (χ1v) is 9.95. The molecule has 0 aliphatic heterocycles. The number of benzene rings is 2. The van der Waals surface area contributed by atoms with E-state index in [1.165, 1.54) is 31.3 Å². The molecule has 0 fully saturated rings. The Bertz CT molecular complexity index is 1330. The molecule has 3 aromatic rings. The lowest BCUT2D eigenvalue weighted by molar-refractivity contribution is -0.116. The zero-order valence-electron chi connectivity index (χ0n) is 17.1. The minimum atomic E-state index is -0.743. The number of anilines is 1. The SMILES string of the molecule is Cn1c(=O)c(NC(=O)CCc2ccc(F)cc2)c(Cl)n(CC#Cc2cccc(O)c2)c1=O. The first kappa shape index (κ1) is 22.8. The predicted octanol–water partition coefficient (Wildman–Crippen LogP) is 2.67. The Morgan fingerprint density at radius 3 is 2.59 bits per heavy atom. The van der Waals surface area contributed by atoms with Gasteiger partial charge in [0.05, 0.1) is 6.54 Å². The van der Waals surface area contributed by atoms with Gasteiger partial charge in [0.25, 0.3) is 5.56 Å². The van der Waals surface area contributed by atoms with Crippen LogP contribution in [0.25, 0.3) is 0 Å². The van der Waals surface area contributed by atoms with Crippen molar-refractivity contribution in [3.8, 4) is 17.6 Å². The van der Waals surface area contributed by atoms with Crippen LogP contribution < -0.4 is 16.6 Å². The molecule has 0 saturated carbocycles. The summed E-state index contributed by atoms with van der Waals surface area (Å²) in [5.41, 5.74) is -0.361. The largest absolute Gasteiger partial charge is 0.508 e. The van der Waals surface area contributed by atoms with Gasteiger partial charge in [-0.25, -0.2) is 9.18 Å². The van der Waals surface area contributed by atoms with Crippen molar-refractivity contribution in [2.45, 2.75) is 19.4 Å². The van der Waals surface area contributed by atoms with Gasteiger partial charge in [0.15, 0.2) is 0 Å². The van der Waals surface area contributed by atoms with E-state index in [1.54, 1.807) is 24.3 Å². The maximum Gasteiger partial charge on any atom is 0.332 e. The molecule has 2 aromatic carbocycles. The smallest absolute Gasteiger partial charge is 0.332 e. The van der Waals surface area contributed by atoms with Crippen LogP contribution in [0.2, 0.25) is 5.15 Å². The van der Waals surface area contributed by atoms with E-state index < -0.39 is 17.2 Å². The average Bonchev–Trinajstić information content (AvgIpc) is 2.77. The molecular formula is C23H19ClFN3O4. The molecule has 164 valence electrons. The van der Waals surface area contributed by atoms with Crippen molar-refractivity contribution < 1.29 is 14.3 Å². The number of rotatable bonds is 5. The predicted molar refractivity (Wildman–Crippen MR) is 119 cm³/mol. The van der Waals surface area contributed by atoms with Crippen molar-refractivity contribution in [3.63, 3.8) is 0 Å². The molecule has 9 heteroatoms. The molecule has 0 spiro atoms. The fourth-order valence-corrected chi connectivity index (χ4v) is 3.16. The summed E-state index contributed by atoms with van der Waals surface area (Å²) in [6, 6.07) is 12.0. The van der Waals surface area contributed by atoms with Gasteiger partial charge in [-0.3, -0.25) is 18.7 Å². The number of nitrogens with zero attached hydrogens (tertiary/aromatic N) is 2. The standard InChI is InChI=1S/C23H19ClFN3O4/c1-27-22(31)20(26-19(30)12-9-15-7-10-17(25)11-8-15)21(24)28(23(27)32)13-3-5-16-4-2-6-18(29)14-16/h2,4,6-8,10-11,14,29H,9,12-13H2,1H3,(H,26,30). The number of nitrogens with one attached hydrogen (secondary N) is 1. The highest BCUT2D eigenvalue weighted by atomic mass is 35.5. The molecule has 1 aromatic heterocycles. The Balaban J connectivity index is 1.80. The minimum Gasteiger partial charge on any atom is -0.508 e. The Morgan fingerprint density at radius 2 is 1.91 bits per heavy atom. The van der Waals surface area contributed by atoms with E-state index >= 15 is 0 Å². The van der Waals surface area contributed by atoms with E-state index in [0.29, 0.717) is 12.0 Å². The second kappa shape index (κ2) is 9.98. The van der Waals surface area contributed by atoms with Crippen LogP contribution in [-0.2, 0) is 24.8 Å². The van der Waals surface area contributed by atoms with Crippen molar-refractivity contribution in [3.05, 3.63) is 91.5 Å². The second-order valence-corrected chi connectivity index (χ2v) is 7.28. The maximum atomic E-state index is 13.0. The third-order valence-electron chi connectivity index (χ3n) is 4.61. The summed E-state index contributed by atoms with van der Waals surface area (Å²) in [5.74, 6) is 4.76. The number of phenolic OH excluding ortho intramolecular Hbond substituents is 1. The fourth-order valence-electron chi connectivity index (χ4n) is 2.90. The van der Waals surface area contributed by atoms with Crippen molar-refractivity contribution in [2.24, 2.45) is 7.05 Å². The van der Waals surface area contributed by atoms with Gasteiger partial charge >= 0.3 is 5.69 Å². The molecule has 0 aliphatic rings. The van der Waals surface area contributed by atoms with Gasteiger partial charge in [-0.2, -0.15) is 0 Å². The summed E-state index contributed by atoms with van der Waals surface area (Å²) in [6.45, 7) is -0.139. The monoisotopic (exact) mass is 455 g/mol. The number of aromatic nitrogens is 2. The van der Waals surface area contributed by atoms with Crippen LogP contribution >= 0.6 is 11.6 Å². The van der Waals surface area contributed by atoms with Crippen LogP contribution in [0.5, 0.6) is 5.75 Å². The molecule has 0 bridgehead atoms. The van der Waals surface area contributed by atoms with Crippen LogP contribution in [0.4, 0.5) is 10.1 Å². The van der Waals surface area contributed by atoms with E-state index in [1.807, 2.05) is 0 Å². The molecular weight excluding hydrogens is 437 g/mol. The van der Waals surface area contributed by atoms with E-state index in [4.69, 9.17) is 11.6 Å². The van der Waals surface area contributed by atoms with Crippen molar-refractivity contribution in [1.82, 2.24) is 9.13 Å². The third-order valence-corrected chi connectivity index (χ3v) is 5.01. The molecule has 3 rings (SSSR count). The van der Waals surface area contributed by atoms with Gasteiger partial charge in [-0.05, 0) is 42.3 Å². The number of carbonyl (C=O) groups excluding carboxylic acids is 1. The Morgan fingerprint density at radius 1 is 1.19 bits per heavy atom. The van der Waals surface area contributed by atoms with Gasteiger partial charge in [-0.1, -0.05) is 41.6 Å². The lowest BCUT2D eigenvalue weighted by Gasteiger charge is -2.13.